The third kappa shape index (κ3) is 7.36. The van der Waals surface area contributed by atoms with Crippen LogP contribution in [0.4, 0.5) is 0 Å². The van der Waals surface area contributed by atoms with E-state index in [1.807, 2.05) is 31.3 Å². The summed E-state index contributed by atoms with van der Waals surface area (Å²) in [6.07, 6.45) is 4.19. The lowest BCUT2D eigenvalue weighted by Crippen LogP contribution is -2.41. The first-order valence-electron chi connectivity index (χ1n) is 8.82. The van der Waals surface area contributed by atoms with E-state index in [1.165, 1.54) is 5.57 Å². The Morgan fingerprint density at radius 2 is 2.32 bits per heavy atom. The van der Waals surface area contributed by atoms with Gasteiger partial charge in [-0.3, -0.25) is 4.99 Å². The Bertz CT molecular complexity index is 590. The van der Waals surface area contributed by atoms with Crippen molar-refractivity contribution in [3.8, 4) is 5.75 Å². The fourth-order valence-corrected chi connectivity index (χ4v) is 2.71. The average molecular weight is 366 g/mol. The van der Waals surface area contributed by atoms with Crippen LogP contribution in [0.3, 0.4) is 0 Å². The highest BCUT2D eigenvalue weighted by Gasteiger charge is 2.07. The average Bonchev–Trinajstić information content (AvgIpc) is 2.62. The Kier molecular flexibility index (Phi) is 8.63. The van der Waals surface area contributed by atoms with Gasteiger partial charge < -0.3 is 19.7 Å². The largest absolute Gasteiger partial charge is 0.492 e. The molecular formula is C19H28ClN3O2. The highest BCUT2D eigenvalue weighted by molar-refractivity contribution is 6.30. The van der Waals surface area contributed by atoms with Gasteiger partial charge in [-0.2, -0.15) is 0 Å². The van der Waals surface area contributed by atoms with Gasteiger partial charge in [-0.05, 0) is 38.0 Å². The number of hydrogen-bond donors (Lipinski definition) is 1. The van der Waals surface area contributed by atoms with Gasteiger partial charge in [-0.25, -0.2) is 0 Å². The molecule has 1 aliphatic rings. The predicted molar refractivity (Wildman–Crippen MR) is 104 cm³/mol. The fourth-order valence-electron chi connectivity index (χ4n) is 2.53. The Morgan fingerprint density at radius 1 is 1.44 bits per heavy atom. The molecule has 0 atom stereocenters. The zero-order valence-corrected chi connectivity index (χ0v) is 15.9. The summed E-state index contributed by atoms with van der Waals surface area (Å²) in [4.78, 5) is 6.81. The van der Waals surface area contributed by atoms with Crippen LogP contribution in [-0.4, -0.2) is 57.4 Å². The van der Waals surface area contributed by atoms with Crippen LogP contribution < -0.4 is 10.1 Å². The smallest absolute Gasteiger partial charge is 0.193 e. The van der Waals surface area contributed by atoms with Crippen molar-refractivity contribution >= 4 is 17.6 Å². The van der Waals surface area contributed by atoms with Crippen LogP contribution in [0.5, 0.6) is 5.75 Å². The van der Waals surface area contributed by atoms with Crippen molar-refractivity contribution in [2.24, 2.45) is 4.99 Å². The maximum absolute atomic E-state index is 5.97. The number of rotatable bonds is 8. The fraction of sp³-hybridized carbons (Fsp3) is 0.526. The Balaban J connectivity index is 1.78. The molecule has 1 heterocycles. The van der Waals surface area contributed by atoms with Crippen molar-refractivity contribution in [2.45, 2.75) is 19.8 Å². The van der Waals surface area contributed by atoms with Gasteiger partial charge in [0.25, 0.3) is 0 Å². The molecule has 0 saturated carbocycles. The van der Waals surface area contributed by atoms with Gasteiger partial charge in [0.2, 0.25) is 0 Å². The van der Waals surface area contributed by atoms with Gasteiger partial charge in [0.1, 0.15) is 12.4 Å². The minimum absolute atomic E-state index is 0.573. The highest BCUT2D eigenvalue weighted by Crippen LogP contribution is 2.17. The van der Waals surface area contributed by atoms with Crippen molar-refractivity contribution in [1.82, 2.24) is 10.2 Å². The first-order valence-corrected chi connectivity index (χ1v) is 9.20. The number of guanidine groups is 1. The molecular weight excluding hydrogens is 338 g/mol. The first kappa shape index (κ1) is 19.6. The van der Waals surface area contributed by atoms with Crippen molar-refractivity contribution < 1.29 is 9.47 Å². The number of benzene rings is 1. The third-order valence-corrected chi connectivity index (χ3v) is 4.17. The van der Waals surface area contributed by atoms with Crippen LogP contribution in [0.1, 0.15) is 19.8 Å². The van der Waals surface area contributed by atoms with E-state index in [4.69, 9.17) is 26.1 Å². The molecule has 1 aromatic rings. The molecule has 1 aliphatic heterocycles. The van der Waals surface area contributed by atoms with Gasteiger partial charge in [0.15, 0.2) is 5.96 Å². The quantitative estimate of drug-likeness (QED) is 0.436. The second-order valence-corrected chi connectivity index (χ2v) is 6.34. The van der Waals surface area contributed by atoms with Crippen molar-refractivity contribution in [2.75, 3.05) is 46.5 Å². The SMILES string of the molecule is CCNC(=NCCC1=CCOCC1)N(C)CCOc1cccc(Cl)c1. The number of likely N-dealkylation sites (N-methyl/N-ethyl adjacent to an activating group) is 1. The summed E-state index contributed by atoms with van der Waals surface area (Å²) in [5.41, 5.74) is 1.44. The second-order valence-electron chi connectivity index (χ2n) is 5.90. The summed E-state index contributed by atoms with van der Waals surface area (Å²) in [5, 5.41) is 4.02. The van der Waals surface area contributed by atoms with Gasteiger partial charge in [0, 0.05) is 25.2 Å². The molecule has 5 nitrogen and oxygen atoms in total. The molecule has 0 fully saturated rings. The second kappa shape index (κ2) is 11.0. The number of hydrogen-bond acceptors (Lipinski definition) is 3. The lowest BCUT2D eigenvalue weighted by atomic mass is 10.1. The molecule has 0 bridgehead atoms. The van der Waals surface area contributed by atoms with E-state index in [1.54, 1.807) is 0 Å². The van der Waals surface area contributed by atoms with E-state index in [0.717, 1.165) is 57.4 Å². The van der Waals surface area contributed by atoms with Gasteiger partial charge in [-0.15, -0.1) is 0 Å². The van der Waals surface area contributed by atoms with E-state index in [9.17, 15) is 0 Å². The molecule has 0 amide bonds. The Labute approximate surface area is 155 Å². The van der Waals surface area contributed by atoms with E-state index in [2.05, 4.69) is 23.2 Å². The number of halogens is 1. The number of nitrogens with zero attached hydrogens (tertiary/aromatic N) is 2. The van der Waals surface area contributed by atoms with Crippen LogP contribution in [0.25, 0.3) is 0 Å². The zero-order valence-electron chi connectivity index (χ0n) is 15.1. The van der Waals surface area contributed by atoms with Crippen LogP contribution in [0.15, 0.2) is 40.9 Å². The lowest BCUT2D eigenvalue weighted by molar-refractivity contribution is 0.153. The van der Waals surface area contributed by atoms with Gasteiger partial charge in [0.05, 0.1) is 19.8 Å². The Hall–Kier alpha value is -1.72. The first-order chi connectivity index (χ1) is 12.2. The summed E-state index contributed by atoms with van der Waals surface area (Å²) in [6.45, 7) is 6.59. The molecule has 25 heavy (non-hydrogen) atoms. The zero-order chi connectivity index (χ0) is 17.9. The van der Waals surface area contributed by atoms with Crippen LogP contribution in [-0.2, 0) is 4.74 Å². The monoisotopic (exact) mass is 365 g/mol. The summed E-state index contributed by atoms with van der Waals surface area (Å²) in [7, 11) is 2.02. The van der Waals surface area contributed by atoms with Gasteiger partial charge in [-0.1, -0.05) is 29.3 Å². The van der Waals surface area contributed by atoms with E-state index in [-0.39, 0.29) is 0 Å². The molecule has 0 aliphatic carbocycles. The molecule has 0 radical (unpaired) electrons. The molecule has 0 aromatic heterocycles. The molecule has 0 unspecified atom stereocenters. The number of ether oxygens (including phenoxy) is 2. The summed E-state index contributed by atoms with van der Waals surface area (Å²) < 4.78 is 11.1. The molecule has 2 rings (SSSR count). The van der Waals surface area contributed by atoms with E-state index < -0.39 is 0 Å². The minimum Gasteiger partial charge on any atom is -0.492 e. The lowest BCUT2D eigenvalue weighted by Gasteiger charge is -2.22. The van der Waals surface area contributed by atoms with Crippen LogP contribution >= 0.6 is 11.6 Å². The van der Waals surface area contributed by atoms with Crippen LogP contribution in [0, 0.1) is 0 Å². The maximum Gasteiger partial charge on any atom is 0.193 e. The number of nitrogens with one attached hydrogen (secondary N) is 1. The molecule has 1 N–H and O–H groups in total. The molecule has 0 spiro atoms. The molecule has 0 saturated heterocycles. The van der Waals surface area contributed by atoms with E-state index >= 15 is 0 Å². The van der Waals surface area contributed by atoms with Gasteiger partial charge >= 0.3 is 0 Å². The van der Waals surface area contributed by atoms with Crippen molar-refractivity contribution in [3.63, 3.8) is 0 Å². The molecule has 138 valence electrons. The maximum atomic E-state index is 5.97. The third-order valence-electron chi connectivity index (χ3n) is 3.94. The summed E-state index contributed by atoms with van der Waals surface area (Å²) >= 11 is 5.97. The highest BCUT2D eigenvalue weighted by atomic mass is 35.5. The number of aliphatic imine (C=N–C) groups is 1. The van der Waals surface area contributed by atoms with Crippen molar-refractivity contribution in [1.29, 1.82) is 0 Å². The standard InChI is InChI=1S/C19H28ClN3O2/c1-3-21-19(22-10-7-16-8-12-24-13-9-16)23(2)11-14-25-18-6-4-5-17(20)15-18/h4-6,8,15H,3,7,9-14H2,1-2H3,(H,21,22). The summed E-state index contributed by atoms with van der Waals surface area (Å²) in [5.74, 6) is 1.69. The molecule has 6 heteroatoms. The van der Waals surface area contributed by atoms with Crippen LogP contribution in [0.2, 0.25) is 5.02 Å². The molecule has 1 aromatic carbocycles. The normalized spacial score (nSPS) is 14.8. The predicted octanol–water partition coefficient (Wildman–Crippen LogP) is 3.35. The Morgan fingerprint density at radius 3 is 3.04 bits per heavy atom. The minimum atomic E-state index is 0.573. The van der Waals surface area contributed by atoms with Crippen molar-refractivity contribution in [3.05, 3.63) is 40.9 Å². The summed E-state index contributed by atoms with van der Waals surface area (Å²) in [6, 6.07) is 7.46. The topological polar surface area (TPSA) is 46.1 Å². The van der Waals surface area contributed by atoms with E-state index in [0.29, 0.717) is 11.6 Å².